The summed E-state index contributed by atoms with van der Waals surface area (Å²) in [7, 11) is 0. The van der Waals surface area contributed by atoms with Gasteiger partial charge >= 0.3 is 5.97 Å². The van der Waals surface area contributed by atoms with Crippen molar-refractivity contribution in [1.82, 2.24) is 0 Å². The number of rotatable bonds is 6. The van der Waals surface area contributed by atoms with Crippen LogP contribution in [-0.2, 0) is 19.1 Å². The Morgan fingerprint density at radius 1 is 0.714 bits per heavy atom. The van der Waals surface area contributed by atoms with Crippen molar-refractivity contribution in [3.63, 3.8) is 0 Å². The van der Waals surface area contributed by atoms with Gasteiger partial charge in [-0.2, -0.15) is 0 Å². The second-order valence-electron chi connectivity index (χ2n) is 6.52. The summed E-state index contributed by atoms with van der Waals surface area (Å²) in [4.78, 5) is 24.2. The van der Waals surface area contributed by atoms with Crippen LogP contribution < -0.4 is 0 Å². The maximum atomic E-state index is 13.0. The number of carbonyl (C=O) groups excluding carboxylic acids is 1. The first kappa shape index (κ1) is 18.5. The highest BCUT2D eigenvalue weighted by Gasteiger charge is 2.53. The van der Waals surface area contributed by atoms with Crippen molar-refractivity contribution in [2.24, 2.45) is 0 Å². The fraction of sp³-hybridized carbons (Fsp3) is 0.130. The molecule has 0 aromatic heterocycles. The van der Waals surface area contributed by atoms with Crippen molar-refractivity contribution in [3.8, 4) is 0 Å². The first-order chi connectivity index (χ1) is 13.6. The van der Waals surface area contributed by atoms with Crippen LogP contribution in [0.2, 0.25) is 0 Å². The highest BCUT2D eigenvalue weighted by molar-refractivity contribution is 8.14. The molecule has 0 spiro atoms. The Bertz CT molecular complexity index is 877. The molecular formula is C23H18O4S. The van der Waals surface area contributed by atoms with E-state index in [4.69, 9.17) is 9.84 Å². The Kier molecular flexibility index (Phi) is 5.03. The first-order valence-electron chi connectivity index (χ1n) is 8.90. The maximum Gasteiger partial charge on any atom is 0.336 e. The molecule has 28 heavy (non-hydrogen) atoms. The van der Waals surface area contributed by atoms with E-state index in [0.717, 1.165) is 28.5 Å². The minimum Gasteiger partial charge on any atom is -0.479 e. The molecule has 1 N–H and O–H groups in total. The zero-order chi connectivity index (χ0) is 19.6. The van der Waals surface area contributed by atoms with Crippen LogP contribution in [0.4, 0.5) is 0 Å². The smallest absolute Gasteiger partial charge is 0.336 e. The zero-order valence-corrected chi connectivity index (χ0v) is 15.7. The van der Waals surface area contributed by atoms with Crippen molar-refractivity contribution in [2.45, 2.75) is 17.0 Å². The van der Waals surface area contributed by atoms with E-state index in [1.54, 1.807) is 0 Å². The molecule has 5 heteroatoms. The predicted octanol–water partition coefficient (Wildman–Crippen LogP) is 4.09. The average Bonchev–Trinajstić information content (AvgIpc) is 3.55. The lowest BCUT2D eigenvalue weighted by molar-refractivity contribution is -0.138. The number of carbonyl (C=O) groups is 2. The molecule has 0 aliphatic carbocycles. The van der Waals surface area contributed by atoms with Crippen LogP contribution in [-0.4, -0.2) is 28.4 Å². The van der Waals surface area contributed by atoms with Gasteiger partial charge < -0.3 is 9.84 Å². The third-order valence-electron chi connectivity index (χ3n) is 4.76. The van der Waals surface area contributed by atoms with E-state index in [-0.39, 0.29) is 5.12 Å². The number of ether oxygens (including phenoxy) is 1. The largest absolute Gasteiger partial charge is 0.479 e. The van der Waals surface area contributed by atoms with Crippen molar-refractivity contribution in [3.05, 3.63) is 108 Å². The van der Waals surface area contributed by atoms with Crippen LogP contribution >= 0.6 is 11.8 Å². The molecule has 1 heterocycles. The van der Waals surface area contributed by atoms with Gasteiger partial charge in [0.25, 0.3) is 0 Å². The SMILES string of the molecule is O=C(O)C1OC1C(=O)SC(c1ccccc1)(c1ccccc1)c1ccccc1. The van der Waals surface area contributed by atoms with Gasteiger partial charge in [0, 0.05) is 0 Å². The average molecular weight is 390 g/mol. The third kappa shape index (κ3) is 3.35. The number of aliphatic carboxylic acids is 1. The number of thioether (sulfide) groups is 1. The van der Waals surface area contributed by atoms with E-state index in [0.29, 0.717) is 0 Å². The third-order valence-corrected chi connectivity index (χ3v) is 6.21. The number of hydrogen-bond donors (Lipinski definition) is 1. The molecule has 140 valence electrons. The minimum absolute atomic E-state index is 0.288. The molecule has 3 aromatic carbocycles. The minimum atomic E-state index is -1.11. The maximum absolute atomic E-state index is 13.0. The van der Waals surface area contributed by atoms with Gasteiger partial charge in [0.15, 0.2) is 12.2 Å². The van der Waals surface area contributed by atoms with Gasteiger partial charge in [-0.1, -0.05) is 103 Å². The van der Waals surface area contributed by atoms with Crippen LogP contribution in [0.5, 0.6) is 0 Å². The first-order valence-corrected chi connectivity index (χ1v) is 9.72. The number of benzene rings is 3. The lowest BCUT2D eigenvalue weighted by atomic mass is 9.84. The van der Waals surface area contributed by atoms with Crippen molar-refractivity contribution in [1.29, 1.82) is 0 Å². The number of carboxylic acid groups (broad SMARTS) is 1. The number of carboxylic acids is 1. The van der Waals surface area contributed by atoms with E-state index in [2.05, 4.69) is 0 Å². The summed E-state index contributed by atoms with van der Waals surface area (Å²) < 4.78 is 4.31. The van der Waals surface area contributed by atoms with Crippen LogP contribution in [0.1, 0.15) is 16.7 Å². The molecule has 1 aliphatic rings. The normalized spacial score (nSPS) is 18.4. The summed E-state index contributed by atoms with van der Waals surface area (Å²) in [5.41, 5.74) is 2.83. The van der Waals surface area contributed by atoms with Crippen LogP contribution in [0.3, 0.4) is 0 Å². The monoisotopic (exact) mass is 390 g/mol. The van der Waals surface area contributed by atoms with Gasteiger partial charge in [-0.05, 0) is 16.7 Å². The van der Waals surface area contributed by atoms with Crippen molar-refractivity contribution < 1.29 is 19.4 Å². The zero-order valence-electron chi connectivity index (χ0n) is 14.9. The molecule has 2 atom stereocenters. The summed E-state index contributed by atoms with van der Waals surface area (Å²) in [6.07, 6.45) is -1.97. The van der Waals surface area contributed by atoms with Crippen LogP contribution in [0.25, 0.3) is 0 Å². The Hall–Kier alpha value is -2.89. The quantitative estimate of drug-likeness (QED) is 0.507. The van der Waals surface area contributed by atoms with Gasteiger partial charge in [-0.15, -0.1) is 0 Å². The highest BCUT2D eigenvalue weighted by Crippen LogP contribution is 2.50. The summed E-state index contributed by atoms with van der Waals surface area (Å²) in [6, 6.07) is 29.4. The molecule has 2 unspecified atom stereocenters. The molecule has 1 saturated heterocycles. The standard InChI is InChI=1S/C23H18O4S/c24-21(25)19-20(27-19)22(26)28-23(16-10-4-1-5-11-16,17-12-6-2-7-13-17)18-14-8-3-9-15-18/h1-15,19-20H,(H,24,25). The van der Waals surface area contributed by atoms with Gasteiger partial charge in [-0.3, -0.25) is 4.79 Å². The lowest BCUT2D eigenvalue weighted by Gasteiger charge is -2.34. The van der Waals surface area contributed by atoms with Crippen molar-refractivity contribution >= 4 is 22.8 Å². The summed E-state index contributed by atoms with van der Waals surface area (Å²) in [5, 5.41) is 8.85. The molecule has 0 amide bonds. The van der Waals surface area contributed by atoms with E-state index >= 15 is 0 Å². The fourth-order valence-electron chi connectivity index (χ4n) is 3.38. The lowest BCUT2D eigenvalue weighted by Crippen LogP contribution is -2.29. The molecule has 1 aliphatic heterocycles. The highest BCUT2D eigenvalue weighted by atomic mass is 32.2. The second kappa shape index (κ2) is 7.62. The Balaban J connectivity index is 1.86. The Morgan fingerprint density at radius 2 is 1.11 bits per heavy atom. The molecule has 0 radical (unpaired) electrons. The van der Waals surface area contributed by atoms with Gasteiger partial charge in [0.05, 0.1) is 4.75 Å². The molecule has 4 nitrogen and oxygen atoms in total. The number of epoxide rings is 1. The van der Waals surface area contributed by atoms with Crippen molar-refractivity contribution in [2.75, 3.05) is 0 Å². The fourth-order valence-corrected chi connectivity index (χ4v) is 4.74. The van der Waals surface area contributed by atoms with Crippen LogP contribution in [0.15, 0.2) is 91.0 Å². The molecule has 1 fully saturated rings. The van der Waals surface area contributed by atoms with E-state index in [9.17, 15) is 9.59 Å². The molecule has 3 aromatic rings. The second-order valence-corrected chi connectivity index (χ2v) is 7.73. The predicted molar refractivity (Wildman–Crippen MR) is 108 cm³/mol. The van der Waals surface area contributed by atoms with Gasteiger partial charge in [-0.25, -0.2) is 4.79 Å². The van der Waals surface area contributed by atoms with E-state index in [1.165, 1.54) is 0 Å². The molecule has 0 saturated carbocycles. The van der Waals surface area contributed by atoms with E-state index < -0.39 is 22.9 Å². The van der Waals surface area contributed by atoms with Gasteiger partial charge in [0.1, 0.15) is 0 Å². The Morgan fingerprint density at radius 3 is 1.43 bits per heavy atom. The van der Waals surface area contributed by atoms with E-state index in [1.807, 2.05) is 91.0 Å². The summed E-state index contributed by atoms with van der Waals surface area (Å²) in [5.74, 6) is -1.11. The van der Waals surface area contributed by atoms with Gasteiger partial charge in [0.2, 0.25) is 5.12 Å². The topological polar surface area (TPSA) is 66.9 Å². The molecule has 0 bridgehead atoms. The number of hydrogen-bond acceptors (Lipinski definition) is 4. The molecular weight excluding hydrogens is 372 g/mol. The summed E-state index contributed by atoms with van der Waals surface area (Å²) in [6.45, 7) is 0. The summed E-state index contributed by atoms with van der Waals surface area (Å²) >= 11 is 1.12. The molecule has 4 rings (SSSR count). The van der Waals surface area contributed by atoms with Crippen LogP contribution in [0, 0.1) is 0 Å². The Labute approximate surface area is 167 Å².